The van der Waals surface area contributed by atoms with Crippen molar-refractivity contribution >= 4 is 16.8 Å². The van der Waals surface area contributed by atoms with E-state index < -0.39 is 5.69 Å². The van der Waals surface area contributed by atoms with Gasteiger partial charge in [0.1, 0.15) is 0 Å². The number of amides is 1. The van der Waals surface area contributed by atoms with E-state index in [-0.39, 0.29) is 29.7 Å². The second kappa shape index (κ2) is 6.48. The molecule has 25 heavy (non-hydrogen) atoms. The molecule has 1 saturated heterocycles. The van der Waals surface area contributed by atoms with Crippen LogP contribution in [0.2, 0.25) is 0 Å². The fourth-order valence-corrected chi connectivity index (χ4v) is 3.36. The number of nitrogens with zero attached hydrogens (tertiary/aromatic N) is 2. The van der Waals surface area contributed by atoms with Crippen LogP contribution >= 0.6 is 0 Å². The average molecular weight is 345 g/mol. The van der Waals surface area contributed by atoms with Crippen LogP contribution in [0.4, 0.5) is 0 Å². The van der Waals surface area contributed by atoms with Gasteiger partial charge in [0.15, 0.2) is 0 Å². The van der Waals surface area contributed by atoms with Gasteiger partial charge in [-0.3, -0.25) is 14.2 Å². The number of carbonyl (C=O) groups excluding carboxylic acids is 1. The Kier molecular flexibility index (Phi) is 4.51. The number of hydrogen-bond acceptors (Lipinski definition) is 4. The molecule has 2 atom stereocenters. The van der Waals surface area contributed by atoms with Crippen molar-refractivity contribution in [1.82, 2.24) is 14.5 Å². The highest BCUT2D eigenvalue weighted by Crippen LogP contribution is 2.16. The maximum absolute atomic E-state index is 12.8. The van der Waals surface area contributed by atoms with Gasteiger partial charge in [-0.15, -0.1) is 0 Å². The topological polar surface area (TPSA) is 84.4 Å². The molecule has 134 valence electrons. The second-order valence-corrected chi connectivity index (χ2v) is 6.93. The number of aromatic amines is 1. The molecule has 2 heterocycles. The molecule has 0 spiro atoms. The van der Waals surface area contributed by atoms with Crippen LogP contribution in [0, 0.1) is 0 Å². The Labute approximate surface area is 145 Å². The lowest BCUT2D eigenvalue weighted by Gasteiger charge is -2.35. The normalized spacial score (nSPS) is 21.1. The molecule has 0 saturated carbocycles. The molecule has 0 bridgehead atoms. The molecule has 0 radical (unpaired) electrons. The van der Waals surface area contributed by atoms with Crippen molar-refractivity contribution in [1.29, 1.82) is 0 Å². The van der Waals surface area contributed by atoms with Gasteiger partial charge in [-0.1, -0.05) is 0 Å². The van der Waals surface area contributed by atoms with Gasteiger partial charge >= 0.3 is 5.69 Å². The molecule has 0 aliphatic carbocycles. The highest BCUT2D eigenvalue weighted by atomic mass is 16.5. The summed E-state index contributed by atoms with van der Waals surface area (Å²) in [7, 11) is 0. The minimum atomic E-state index is -0.467. The zero-order chi connectivity index (χ0) is 18.3. The van der Waals surface area contributed by atoms with Crippen molar-refractivity contribution in [2.24, 2.45) is 0 Å². The van der Waals surface area contributed by atoms with Gasteiger partial charge in [-0.25, -0.2) is 4.79 Å². The number of H-pyrrole nitrogens is 1. The van der Waals surface area contributed by atoms with E-state index >= 15 is 0 Å². The SMILES string of the molecule is CC(C)n1c(=O)[nH]c2cc(C(=O)N3C[C@@H](C)O[C@H](C)C3)ccc2c1=O. The highest BCUT2D eigenvalue weighted by molar-refractivity contribution is 5.97. The van der Waals surface area contributed by atoms with Gasteiger partial charge in [-0.05, 0) is 45.9 Å². The first-order valence-electron chi connectivity index (χ1n) is 8.51. The van der Waals surface area contributed by atoms with Gasteiger partial charge in [0.2, 0.25) is 0 Å². The monoisotopic (exact) mass is 345 g/mol. The molecular formula is C18H23N3O4. The van der Waals surface area contributed by atoms with E-state index in [0.717, 1.165) is 0 Å². The number of benzene rings is 1. The van der Waals surface area contributed by atoms with Crippen molar-refractivity contribution < 1.29 is 9.53 Å². The predicted molar refractivity (Wildman–Crippen MR) is 95.1 cm³/mol. The summed E-state index contributed by atoms with van der Waals surface area (Å²) in [5, 5.41) is 0.397. The summed E-state index contributed by atoms with van der Waals surface area (Å²) >= 11 is 0. The third kappa shape index (κ3) is 3.24. The third-order valence-corrected chi connectivity index (χ3v) is 4.40. The lowest BCUT2D eigenvalue weighted by atomic mass is 10.1. The Morgan fingerprint density at radius 3 is 2.44 bits per heavy atom. The van der Waals surface area contributed by atoms with Crippen LogP contribution in [-0.2, 0) is 4.74 Å². The van der Waals surface area contributed by atoms with Gasteiger partial charge in [0.25, 0.3) is 11.5 Å². The van der Waals surface area contributed by atoms with Crippen LogP contribution in [0.15, 0.2) is 27.8 Å². The zero-order valence-electron chi connectivity index (χ0n) is 14.9. The standard InChI is InChI=1S/C18H23N3O4/c1-10(2)21-17(23)14-6-5-13(7-15(14)19-18(21)24)16(22)20-8-11(3)25-12(4)9-20/h5-7,10-12H,8-9H2,1-4H3,(H,19,24)/t11-,12-/m1/s1. The first-order valence-corrected chi connectivity index (χ1v) is 8.51. The van der Waals surface area contributed by atoms with Gasteiger partial charge in [0, 0.05) is 24.7 Å². The maximum Gasteiger partial charge on any atom is 0.329 e. The molecule has 7 nitrogen and oxygen atoms in total. The van der Waals surface area contributed by atoms with E-state index in [1.54, 1.807) is 36.9 Å². The molecule has 1 aliphatic heterocycles. The smallest absolute Gasteiger partial charge is 0.329 e. The lowest BCUT2D eigenvalue weighted by molar-refractivity contribution is -0.0586. The number of aromatic nitrogens is 2. The molecule has 3 rings (SSSR count). The first kappa shape index (κ1) is 17.4. The average Bonchev–Trinajstić information content (AvgIpc) is 2.52. The summed E-state index contributed by atoms with van der Waals surface area (Å²) in [6.45, 7) is 8.46. The fraction of sp³-hybridized carbons (Fsp3) is 0.500. The minimum absolute atomic E-state index is 0.0220. The number of rotatable bonds is 2. The summed E-state index contributed by atoms with van der Waals surface area (Å²) in [6, 6.07) is 4.58. The molecule has 1 aromatic heterocycles. The van der Waals surface area contributed by atoms with Crippen molar-refractivity contribution in [2.45, 2.75) is 45.9 Å². The van der Waals surface area contributed by atoms with Crippen LogP contribution in [0.25, 0.3) is 10.9 Å². The second-order valence-electron chi connectivity index (χ2n) is 6.93. The third-order valence-electron chi connectivity index (χ3n) is 4.40. The summed E-state index contributed by atoms with van der Waals surface area (Å²) in [5.74, 6) is -0.127. The van der Waals surface area contributed by atoms with Gasteiger partial charge < -0.3 is 14.6 Å². The van der Waals surface area contributed by atoms with E-state index in [1.807, 2.05) is 13.8 Å². The van der Waals surface area contributed by atoms with E-state index in [9.17, 15) is 14.4 Å². The molecule has 1 fully saturated rings. The molecular weight excluding hydrogens is 322 g/mol. The Balaban J connectivity index is 2.02. The molecule has 1 N–H and O–H groups in total. The molecule has 2 aromatic rings. The molecule has 1 amide bonds. The van der Waals surface area contributed by atoms with Crippen LogP contribution in [0.3, 0.4) is 0 Å². The number of carbonyl (C=O) groups is 1. The quantitative estimate of drug-likeness (QED) is 0.894. The number of morpholine rings is 1. The molecule has 7 heteroatoms. The number of hydrogen-bond donors (Lipinski definition) is 1. The number of ether oxygens (including phenoxy) is 1. The maximum atomic E-state index is 12.8. The summed E-state index contributed by atoms with van der Waals surface area (Å²) in [4.78, 5) is 41.9. The van der Waals surface area contributed by atoms with E-state index in [0.29, 0.717) is 29.6 Å². The minimum Gasteiger partial charge on any atom is -0.372 e. The lowest BCUT2D eigenvalue weighted by Crippen LogP contribution is -2.48. The Hall–Kier alpha value is -2.41. The highest BCUT2D eigenvalue weighted by Gasteiger charge is 2.26. The molecule has 1 aliphatic rings. The summed E-state index contributed by atoms with van der Waals surface area (Å²) in [6.07, 6.45) is -0.0441. The Morgan fingerprint density at radius 2 is 1.84 bits per heavy atom. The van der Waals surface area contributed by atoms with Crippen LogP contribution < -0.4 is 11.2 Å². The fourth-order valence-electron chi connectivity index (χ4n) is 3.36. The zero-order valence-corrected chi connectivity index (χ0v) is 14.9. The largest absolute Gasteiger partial charge is 0.372 e. The van der Waals surface area contributed by atoms with Crippen molar-refractivity contribution in [3.8, 4) is 0 Å². The Bertz CT molecular complexity index is 918. The van der Waals surface area contributed by atoms with Crippen LogP contribution in [0.1, 0.15) is 44.1 Å². The number of fused-ring (bicyclic) bond motifs is 1. The summed E-state index contributed by atoms with van der Waals surface area (Å²) < 4.78 is 6.83. The van der Waals surface area contributed by atoms with E-state index in [4.69, 9.17) is 4.74 Å². The van der Waals surface area contributed by atoms with Gasteiger partial charge in [0.05, 0.1) is 23.1 Å². The van der Waals surface area contributed by atoms with Crippen molar-refractivity contribution in [3.63, 3.8) is 0 Å². The van der Waals surface area contributed by atoms with Crippen molar-refractivity contribution in [2.75, 3.05) is 13.1 Å². The van der Waals surface area contributed by atoms with Crippen molar-refractivity contribution in [3.05, 3.63) is 44.6 Å². The van der Waals surface area contributed by atoms with Crippen LogP contribution in [-0.4, -0.2) is 45.7 Å². The van der Waals surface area contributed by atoms with E-state index in [1.165, 1.54) is 4.57 Å². The Morgan fingerprint density at radius 1 is 1.20 bits per heavy atom. The summed E-state index contributed by atoms with van der Waals surface area (Å²) in [5.41, 5.74) is 0.0188. The van der Waals surface area contributed by atoms with E-state index in [2.05, 4.69) is 4.98 Å². The first-order chi connectivity index (χ1) is 11.8. The van der Waals surface area contributed by atoms with Crippen LogP contribution in [0.5, 0.6) is 0 Å². The molecule has 0 unspecified atom stereocenters. The van der Waals surface area contributed by atoms with Gasteiger partial charge in [-0.2, -0.15) is 0 Å². The molecule has 1 aromatic carbocycles. The number of nitrogens with one attached hydrogen (secondary N) is 1. The predicted octanol–water partition coefficient (Wildman–Crippen LogP) is 1.52.